The predicted molar refractivity (Wildman–Crippen MR) is 109 cm³/mol. The van der Waals surface area contributed by atoms with Gasteiger partial charge in [-0.2, -0.15) is 0 Å². The topological polar surface area (TPSA) is 43.8 Å². The van der Waals surface area contributed by atoms with E-state index < -0.39 is 5.97 Å². The fraction of sp³-hybridized carbons (Fsp3) is 0.435. The van der Waals surface area contributed by atoms with E-state index in [1.165, 1.54) is 42.5 Å². The van der Waals surface area contributed by atoms with Crippen molar-refractivity contribution in [2.24, 2.45) is 0 Å². The van der Waals surface area contributed by atoms with E-state index in [0.29, 0.717) is 5.56 Å². The monoisotopic (exact) mass is 364 g/mol. The quantitative estimate of drug-likeness (QED) is 0.728. The van der Waals surface area contributed by atoms with Crippen LogP contribution in [0.4, 0.5) is 11.4 Å². The van der Waals surface area contributed by atoms with Crippen LogP contribution in [0.3, 0.4) is 0 Å². The number of rotatable bonds is 8. The Morgan fingerprint density at radius 3 is 1.89 bits per heavy atom. The Bertz CT molecular complexity index is 791. The third-order valence-electron chi connectivity index (χ3n) is 5.57. The highest BCUT2D eigenvalue weighted by atomic mass is 16.4. The van der Waals surface area contributed by atoms with Crippen LogP contribution in [0.1, 0.15) is 59.0 Å². The molecule has 0 radical (unpaired) electrons. The number of hydrogen-bond donors (Lipinski definition) is 1. The van der Waals surface area contributed by atoms with E-state index in [2.05, 4.69) is 42.1 Å². The van der Waals surface area contributed by atoms with Crippen molar-refractivity contribution >= 4 is 17.3 Å². The molecule has 1 N–H and O–H groups in total. The first-order valence-corrected chi connectivity index (χ1v) is 9.92. The van der Waals surface area contributed by atoms with Crippen LogP contribution in [0.15, 0.2) is 42.5 Å². The lowest BCUT2D eigenvalue weighted by Crippen LogP contribution is -2.28. The fourth-order valence-corrected chi connectivity index (χ4v) is 3.61. The number of nitrogens with zero attached hydrogens (tertiary/aromatic N) is 2. The first-order valence-electron chi connectivity index (χ1n) is 9.92. The van der Waals surface area contributed by atoms with Gasteiger partial charge in [-0.05, 0) is 99.1 Å². The molecular weight excluding hydrogens is 336 g/mol. The molecule has 0 unspecified atom stereocenters. The van der Waals surface area contributed by atoms with E-state index in [4.69, 9.17) is 0 Å². The van der Waals surface area contributed by atoms with Crippen LogP contribution in [0, 0.1) is 0 Å². The van der Waals surface area contributed by atoms with E-state index in [1.807, 2.05) is 12.1 Å². The molecule has 2 saturated carbocycles. The molecule has 2 aromatic carbocycles. The van der Waals surface area contributed by atoms with Gasteiger partial charge < -0.3 is 14.9 Å². The molecule has 0 aromatic heterocycles. The van der Waals surface area contributed by atoms with Crippen molar-refractivity contribution in [3.8, 4) is 0 Å². The summed E-state index contributed by atoms with van der Waals surface area (Å²) in [5.41, 5.74) is 5.58. The summed E-state index contributed by atoms with van der Waals surface area (Å²) in [5.74, 6) is 0.577. The van der Waals surface area contributed by atoms with Crippen molar-refractivity contribution in [1.29, 1.82) is 0 Å². The summed E-state index contributed by atoms with van der Waals surface area (Å²) in [7, 11) is 4.17. The van der Waals surface area contributed by atoms with E-state index >= 15 is 0 Å². The van der Waals surface area contributed by atoms with Crippen molar-refractivity contribution in [3.05, 3.63) is 59.2 Å². The van der Waals surface area contributed by atoms with Crippen molar-refractivity contribution in [2.75, 3.05) is 32.1 Å². The number of anilines is 2. The van der Waals surface area contributed by atoms with Gasteiger partial charge in [-0.3, -0.25) is 0 Å². The Hall–Kier alpha value is -2.33. The van der Waals surface area contributed by atoms with Gasteiger partial charge in [0.15, 0.2) is 0 Å². The van der Waals surface area contributed by atoms with Gasteiger partial charge in [0.2, 0.25) is 0 Å². The fourth-order valence-electron chi connectivity index (χ4n) is 3.61. The second-order valence-electron chi connectivity index (χ2n) is 8.21. The smallest absolute Gasteiger partial charge is 0.335 e. The van der Waals surface area contributed by atoms with Crippen molar-refractivity contribution in [2.45, 2.75) is 37.5 Å². The van der Waals surface area contributed by atoms with Gasteiger partial charge in [-0.25, -0.2) is 4.79 Å². The number of likely N-dealkylation sites (N-methyl/N-ethyl adjacent to an activating group) is 1. The van der Waals surface area contributed by atoms with Crippen LogP contribution < -0.4 is 4.90 Å². The zero-order valence-electron chi connectivity index (χ0n) is 16.2. The third-order valence-corrected chi connectivity index (χ3v) is 5.57. The molecule has 2 aliphatic rings. The van der Waals surface area contributed by atoms with E-state index in [-0.39, 0.29) is 0 Å². The maximum atomic E-state index is 11.2. The first kappa shape index (κ1) is 18.1. The molecule has 0 bridgehead atoms. The molecule has 0 atom stereocenters. The normalized spacial score (nSPS) is 16.6. The summed E-state index contributed by atoms with van der Waals surface area (Å²) < 4.78 is 0. The van der Waals surface area contributed by atoms with E-state index in [1.54, 1.807) is 12.1 Å². The standard InChI is InChI=1S/C23H28N2O2/c1-24(2)11-12-25(21-9-7-18(8-10-21)23(26)27)22-14-19(16-3-4-16)13-20(15-22)17-5-6-17/h7-10,13-17H,3-6,11-12H2,1-2H3,(H,26,27). The predicted octanol–water partition coefficient (Wildman–Crippen LogP) is 4.84. The summed E-state index contributed by atoms with van der Waals surface area (Å²) in [5, 5.41) is 9.20. The van der Waals surface area contributed by atoms with Crippen LogP contribution in [-0.2, 0) is 0 Å². The highest BCUT2D eigenvalue weighted by molar-refractivity contribution is 5.88. The number of carbonyl (C=O) groups is 1. The average molecular weight is 364 g/mol. The molecule has 142 valence electrons. The van der Waals surface area contributed by atoms with Gasteiger partial charge in [0.05, 0.1) is 5.56 Å². The summed E-state index contributed by atoms with van der Waals surface area (Å²) in [6.07, 6.45) is 5.22. The molecule has 0 heterocycles. The lowest BCUT2D eigenvalue weighted by molar-refractivity contribution is 0.0697. The highest BCUT2D eigenvalue weighted by Gasteiger charge is 2.29. The minimum absolute atomic E-state index is 0.330. The van der Waals surface area contributed by atoms with Crippen molar-refractivity contribution in [1.82, 2.24) is 4.90 Å². The molecular formula is C23H28N2O2. The zero-order chi connectivity index (χ0) is 19.0. The minimum Gasteiger partial charge on any atom is -0.478 e. The Labute approximate surface area is 161 Å². The molecule has 4 rings (SSSR count). The molecule has 4 nitrogen and oxygen atoms in total. The number of benzene rings is 2. The molecule has 2 aliphatic carbocycles. The molecule has 0 amide bonds. The Morgan fingerprint density at radius 2 is 1.44 bits per heavy atom. The largest absolute Gasteiger partial charge is 0.478 e. The number of hydrogen-bond acceptors (Lipinski definition) is 3. The van der Waals surface area contributed by atoms with E-state index in [0.717, 1.165) is 30.6 Å². The number of carboxylic acids is 1. The number of aromatic carboxylic acids is 1. The van der Waals surface area contributed by atoms with Crippen LogP contribution >= 0.6 is 0 Å². The van der Waals surface area contributed by atoms with Gasteiger partial charge in [-0.1, -0.05) is 6.07 Å². The van der Waals surface area contributed by atoms with Gasteiger partial charge in [-0.15, -0.1) is 0 Å². The van der Waals surface area contributed by atoms with Gasteiger partial charge in [0.1, 0.15) is 0 Å². The van der Waals surface area contributed by atoms with Gasteiger partial charge >= 0.3 is 5.97 Å². The Balaban J connectivity index is 1.70. The Morgan fingerprint density at radius 1 is 0.889 bits per heavy atom. The maximum absolute atomic E-state index is 11.2. The SMILES string of the molecule is CN(C)CCN(c1ccc(C(=O)O)cc1)c1cc(C2CC2)cc(C2CC2)c1. The lowest BCUT2D eigenvalue weighted by atomic mass is 10.0. The second kappa shape index (κ2) is 7.35. The van der Waals surface area contributed by atoms with E-state index in [9.17, 15) is 9.90 Å². The first-order chi connectivity index (χ1) is 13.0. The van der Waals surface area contributed by atoms with Crippen LogP contribution in [0.2, 0.25) is 0 Å². The average Bonchev–Trinajstić information content (AvgIpc) is 3.55. The van der Waals surface area contributed by atoms with Crippen molar-refractivity contribution < 1.29 is 9.90 Å². The molecule has 2 aromatic rings. The zero-order valence-corrected chi connectivity index (χ0v) is 16.2. The second-order valence-corrected chi connectivity index (χ2v) is 8.21. The summed E-state index contributed by atoms with van der Waals surface area (Å²) in [6.45, 7) is 1.81. The molecule has 27 heavy (non-hydrogen) atoms. The van der Waals surface area contributed by atoms with Gasteiger partial charge in [0, 0.05) is 24.5 Å². The molecule has 4 heteroatoms. The summed E-state index contributed by atoms with van der Waals surface area (Å²) in [6, 6.07) is 14.4. The third kappa shape index (κ3) is 4.33. The lowest BCUT2D eigenvalue weighted by Gasteiger charge is -2.28. The Kier molecular flexibility index (Phi) is 4.92. The van der Waals surface area contributed by atoms with Crippen molar-refractivity contribution in [3.63, 3.8) is 0 Å². The molecule has 2 fully saturated rings. The van der Waals surface area contributed by atoms with Gasteiger partial charge in [0.25, 0.3) is 0 Å². The summed E-state index contributed by atoms with van der Waals surface area (Å²) in [4.78, 5) is 15.7. The summed E-state index contributed by atoms with van der Waals surface area (Å²) >= 11 is 0. The maximum Gasteiger partial charge on any atom is 0.335 e. The van der Waals surface area contributed by atoms with Crippen LogP contribution in [-0.4, -0.2) is 43.2 Å². The molecule has 0 spiro atoms. The molecule has 0 saturated heterocycles. The highest BCUT2D eigenvalue weighted by Crippen LogP contribution is 2.47. The minimum atomic E-state index is -0.881. The van der Waals surface area contributed by atoms with Crippen LogP contribution in [0.25, 0.3) is 0 Å². The number of carboxylic acid groups (broad SMARTS) is 1. The van der Waals surface area contributed by atoms with Crippen LogP contribution in [0.5, 0.6) is 0 Å². The molecule has 0 aliphatic heterocycles.